The van der Waals surface area contributed by atoms with Crippen molar-refractivity contribution in [2.75, 3.05) is 0 Å². The van der Waals surface area contributed by atoms with E-state index in [0.29, 0.717) is 0 Å². The van der Waals surface area contributed by atoms with Crippen LogP contribution in [0, 0.1) is 0 Å². The number of nitrogens with zero attached hydrogens (tertiary/aromatic N) is 2. The smallest absolute Gasteiger partial charge is 0.193 e. The van der Waals surface area contributed by atoms with Crippen molar-refractivity contribution < 1.29 is 0 Å². The third-order valence-electron chi connectivity index (χ3n) is 1.51. The Morgan fingerprint density at radius 3 is 2.25 bits per heavy atom. The second-order valence-electron chi connectivity index (χ2n) is 3.77. The van der Waals surface area contributed by atoms with Gasteiger partial charge in [-0.1, -0.05) is 19.7 Å². The van der Waals surface area contributed by atoms with E-state index >= 15 is 0 Å². The quantitative estimate of drug-likeness (QED) is 0.319. The highest BCUT2D eigenvalue weighted by Crippen LogP contribution is 2.07. The molecule has 0 aromatic rings. The fourth-order valence-corrected chi connectivity index (χ4v) is 2.28. The van der Waals surface area contributed by atoms with E-state index in [1.54, 1.807) is 0 Å². The van der Waals surface area contributed by atoms with Crippen LogP contribution in [0.25, 0.3) is 0 Å². The molecule has 0 bridgehead atoms. The maximum atomic E-state index is 4.41. The molecule has 12 heavy (non-hydrogen) atoms. The molecule has 0 aliphatic carbocycles. The van der Waals surface area contributed by atoms with E-state index in [1.807, 2.05) is 11.7 Å². The van der Waals surface area contributed by atoms with Gasteiger partial charge >= 0.3 is 0 Å². The van der Waals surface area contributed by atoms with Crippen LogP contribution in [0.1, 0.15) is 20.3 Å². The molecule has 0 saturated heterocycles. The van der Waals surface area contributed by atoms with Crippen molar-refractivity contribution in [2.45, 2.75) is 39.9 Å². The first-order valence-electron chi connectivity index (χ1n) is 4.16. The van der Waals surface area contributed by atoms with E-state index in [9.17, 15) is 0 Å². The third-order valence-corrected chi connectivity index (χ3v) is 3.37. The van der Waals surface area contributed by atoms with Gasteiger partial charge in [-0.15, -0.1) is 0 Å². The summed E-state index contributed by atoms with van der Waals surface area (Å²) in [5, 5.41) is 4.41. The lowest BCUT2D eigenvalue weighted by Gasteiger charge is -2.29. The Balaban J connectivity index is 4.37. The molecular weight excluding hydrogens is 186 g/mol. The highest BCUT2D eigenvalue weighted by atomic mass is 32.1. The largest absolute Gasteiger partial charge is 0.255 e. The van der Waals surface area contributed by atoms with Crippen molar-refractivity contribution in [1.82, 2.24) is 9.61 Å². The summed E-state index contributed by atoms with van der Waals surface area (Å²) in [6.07, 6.45) is 0.983. The summed E-state index contributed by atoms with van der Waals surface area (Å²) in [4.78, 5) is 4.69. The number of hydrogen-bond donors (Lipinski definition) is 2. The van der Waals surface area contributed by atoms with E-state index < -0.39 is 8.24 Å². The molecule has 0 aromatic heterocycles. The van der Waals surface area contributed by atoms with Crippen LogP contribution in [0.4, 0.5) is 0 Å². The molecule has 0 amide bonds. The number of hydrazone groups is 1. The van der Waals surface area contributed by atoms with Gasteiger partial charge in [-0.3, -0.25) is 4.78 Å². The predicted octanol–water partition coefficient (Wildman–Crippen LogP) is 2.26. The van der Waals surface area contributed by atoms with Gasteiger partial charge in [0.1, 0.15) is 0 Å². The minimum Gasteiger partial charge on any atom is -0.255 e. The first-order chi connectivity index (χ1) is 5.41. The highest BCUT2D eigenvalue weighted by Gasteiger charge is 2.22. The molecule has 0 rings (SSSR count). The van der Waals surface area contributed by atoms with Crippen molar-refractivity contribution in [2.24, 2.45) is 5.10 Å². The Hall–Kier alpha value is -0.00312. The Bertz CT molecular complexity index is 165. The highest BCUT2D eigenvalue weighted by molar-refractivity contribution is 7.78. The topological polar surface area (TPSA) is 27.6 Å². The van der Waals surface area contributed by atoms with E-state index in [-0.39, 0.29) is 0 Å². The van der Waals surface area contributed by atoms with Gasteiger partial charge in [-0.2, -0.15) is 9.93 Å². The summed E-state index contributed by atoms with van der Waals surface area (Å²) in [5.74, 6) is 0. The van der Waals surface area contributed by atoms with Crippen molar-refractivity contribution in [3.05, 3.63) is 0 Å². The predicted molar refractivity (Wildman–Crippen MR) is 60.7 cm³/mol. The molecule has 5 heteroatoms. The molecular formula is C7H19N3SSi. The molecule has 3 nitrogen and oxygen atoms in total. The SMILES string of the molecule is CC/C(C)=N/N(NS)[Si](C)(C)C. The first-order valence-corrected chi connectivity index (χ1v) is 8.05. The minimum absolute atomic E-state index is 0.983. The molecule has 0 fully saturated rings. The summed E-state index contributed by atoms with van der Waals surface area (Å²) in [7, 11) is -1.41. The van der Waals surface area contributed by atoms with E-state index in [1.165, 1.54) is 0 Å². The van der Waals surface area contributed by atoms with Crippen LogP contribution in [0.15, 0.2) is 5.10 Å². The monoisotopic (exact) mass is 205 g/mol. The molecule has 0 saturated carbocycles. The molecule has 0 aliphatic heterocycles. The standard InChI is InChI=1S/C7H19N3SSi/c1-6-7(2)8-10(9-11)12(3,4)5/h9,11H,6H2,1-5H3/b8-7+. The Kier molecular flexibility index (Phi) is 4.89. The van der Waals surface area contributed by atoms with Crippen LogP contribution in [-0.4, -0.2) is 18.7 Å². The lowest BCUT2D eigenvalue weighted by atomic mass is 10.3. The van der Waals surface area contributed by atoms with Gasteiger partial charge in [0, 0.05) is 5.71 Å². The van der Waals surface area contributed by atoms with Crippen LogP contribution >= 0.6 is 12.8 Å². The van der Waals surface area contributed by atoms with E-state index in [0.717, 1.165) is 12.1 Å². The maximum Gasteiger partial charge on any atom is 0.193 e. The first kappa shape index (κ1) is 12.0. The molecule has 72 valence electrons. The van der Waals surface area contributed by atoms with Gasteiger partial charge in [0.05, 0.1) is 0 Å². The molecule has 0 spiro atoms. The minimum atomic E-state index is -1.41. The summed E-state index contributed by atoms with van der Waals surface area (Å²) in [5.41, 5.74) is 1.12. The van der Waals surface area contributed by atoms with E-state index in [2.05, 4.69) is 49.3 Å². The number of hydrogen-bond acceptors (Lipinski definition) is 4. The van der Waals surface area contributed by atoms with Gasteiger partial charge in [0.25, 0.3) is 0 Å². The average Bonchev–Trinajstić information content (AvgIpc) is 1.97. The van der Waals surface area contributed by atoms with Gasteiger partial charge < -0.3 is 0 Å². The Labute approximate surface area is 81.8 Å². The van der Waals surface area contributed by atoms with Gasteiger partial charge in [-0.05, 0) is 33.0 Å². The summed E-state index contributed by atoms with van der Waals surface area (Å²) < 4.78 is 0. The second kappa shape index (κ2) is 4.89. The number of thiol groups is 1. The molecule has 0 heterocycles. The molecule has 0 unspecified atom stereocenters. The normalized spacial score (nSPS) is 13.3. The fourth-order valence-electron chi connectivity index (χ4n) is 0.564. The van der Waals surface area contributed by atoms with Crippen molar-refractivity contribution in [3.8, 4) is 0 Å². The lowest BCUT2D eigenvalue weighted by Crippen LogP contribution is -2.47. The van der Waals surface area contributed by atoms with E-state index in [4.69, 9.17) is 0 Å². The average molecular weight is 205 g/mol. The Morgan fingerprint density at radius 2 is 2.00 bits per heavy atom. The van der Waals surface area contributed by atoms with Gasteiger partial charge in [0.15, 0.2) is 8.24 Å². The second-order valence-corrected chi connectivity index (χ2v) is 8.74. The summed E-state index contributed by atoms with van der Waals surface area (Å²) >= 11 is 4.03. The summed E-state index contributed by atoms with van der Waals surface area (Å²) in [6.45, 7) is 10.8. The van der Waals surface area contributed by atoms with Crippen LogP contribution < -0.4 is 4.83 Å². The fraction of sp³-hybridized carbons (Fsp3) is 0.857. The molecule has 0 aliphatic rings. The summed E-state index contributed by atoms with van der Waals surface area (Å²) in [6, 6.07) is 0. The third kappa shape index (κ3) is 4.13. The zero-order valence-electron chi connectivity index (χ0n) is 8.55. The van der Waals surface area contributed by atoms with Crippen LogP contribution in [0.3, 0.4) is 0 Å². The number of hydrazine groups is 1. The van der Waals surface area contributed by atoms with Crippen LogP contribution in [0.5, 0.6) is 0 Å². The number of rotatable bonds is 4. The van der Waals surface area contributed by atoms with Crippen molar-refractivity contribution in [1.29, 1.82) is 0 Å². The Morgan fingerprint density at radius 1 is 1.50 bits per heavy atom. The van der Waals surface area contributed by atoms with Crippen molar-refractivity contribution in [3.63, 3.8) is 0 Å². The number of nitrogens with one attached hydrogen (secondary N) is 1. The lowest BCUT2D eigenvalue weighted by molar-refractivity contribution is 0.428. The van der Waals surface area contributed by atoms with Gasteiger partial charge in [-0.25, -0.2) is 0 Å². The van der Waals surface area contributed by atoms with Crippen LogP contribution in [0.2, 0.25) is 19.6 Å². The van der Waals surface area contributed by atoms with Gasteiger partial charge in [0.2, 0.25) is 0 Å². The molecule has 1 N–H and O–H groups in total. The molecule has 0 atom stereocenters. The molecule has 0 radical (unpaired) electrons. The van der Waals surface area contributed by atoms with Crippen LogP contribution in [-0.2, 0) is 0 Å². The zero-order valence-corrected chi connectivity index (χ0v) is 10.4. The maximum absolute atomic E-state index is 4.41. The zero-order chi connectivity index (χ0) is 9.78. The van der Waals surface area contributed by atoms with Crippen molar-refractivity contribution >= 4 is 26.8 Å². The molecule has 0 aromatic carbocycles.